The molecule has 1 aliphatic heterocycles. The smallest absolute Gasteiger partial charge is 0.235 e. The summed E-state index contributed by atoms with van der Waals surface area (Å²) in [4.78, 5) is 26.8. The van der Waals surface area contributed by atoms with Gasteiger partial charge in [0.15, 0.2) is 15.6 Å². The van der Waals surface area contributed by atoms with Crippen LogP contribution in [0.15, 0.2) is 60.0 Å². The highest BCUT2D eigenvalue weighted by Gasteiger charge is 2.32. The minimum absolute atomic E-state index is 0.107. The highest BCUT2D eigenvalue weighted by molar-refractivity contribution is 7.94. The van der Waals surface area contributed by atoms with Crippen LogP contribution in [-0.4, -0.2) is 46.6 Å². The fourth-order valence-electron chi connectivity index (χ4n) is 3.14. The van der Waals surface area contributed by atoms with Gasteiger partial charge in [0.2, 0.25) is 15.9 Å². The fraction of sp³-hybridized carbons (Fsp3) is 0.200. The first-order valence-electron chi connectivity index (χ1n) is 9.03. The highest BCUT2D eigenvalue weighted by Crippen LogP contribution is 2.25. The van der Waals surface area contributed by atoms with E-state index < -0.39 is 49.8 Å². The van der Waals surface area contributed by atoms with Gasteiger partial charge in [0.05, 0.1) is 24.5 Å². The van der Waals surface area contributed by atoms with Crippen molar-refractivity contribution in [1.82, 2.24) is 0 Å². The van der Waals surface area contributed by atoms with Gasteiger partial charge in [-0.05, 0) is 42.5 Å². The van der Waals surface area contributed by atoms with Gasteiger partial charge in [-0.1, -0.05) is 12.1 Å². The van der Waals surface area contributed by atoms with E-state index in [-0.39, 0.29) is 22.7 Å². The predicted octanol–water partition coefficient (Wildman–Crippen LogP) is 2.11. The van der Waals surface area contributed by atoms with Crippen LogP contribution in [0.3, 0.4) is 0 Å². The Morgan fingerprint density at radius 1 is 1.16 bits per heavy atom. The van der Waals surface area contributed by atoms with Crippen molar-refractivity contribution in [3.8, 4) is 0 Å². The van der Waals surface area contributed by atoms with Crippen LogP contribution in [0.4, 0.5) is 15.8 Å². The van der Waals surface area contributed by atoms with Crippen LogP contribution in [0.5, 0.6) is 0 Å². The van der Waals surface area contributed by atoms with E-state index in [1.165, 1.54) is 42.5 Å². The van der Waals surface area contributed by atoms with Gasteiger partial charge >= 0.3 is 0 Å². The molecule has 8 nitrogen and oxygen atoms in total. The Morgan fingerprint density at radius 2 is 1.84 bits per heavy atom. The lowest BCUT2D eigenvalue weighted by atomic mass is 10.1. The molecular weight excluding hydrogens is 447 g/mol. The number of nitrogens with zero attached hydrogens (tertiary/aromatic N) is 1. The summed E-state index contributed by atoms with van der Waals surface area (Å²) in [6.07, 6.45) is 1.72. The zero-order chi connectivity index (χ0) is 22.8. The number of hydrogen-bond acceptors (Lipinski definition) is 6. The molecule has 2 aromatic carbocycles. The van der Waals surface area contributed by atoms with Crippen molar-refractivity contribution in [1.29, 1.82) is 0 Å². The Morgan fingerprint density at radius 3 is 2.42 bits per heavy atom. The lowest BCUT2D eigenvalue weighted by Gasteiger charge is -2.27. The van der Waals surface area contributed by atoms with Gasteiger partial charge in [0, 0.05) is 22.3 Å². The van der Waals surface area contributed by atoms with Crippen LogP contribution in [0, 0.1) is 5.82 Å². The summed E-state index contributed by atoms with van der Waals surface area (Å²) < 4.78 is 62.0. The van der Waals surface area contributed by atoms with Crippen LogP contribution in [0.1, 0.15) is 16.8 Å². The van der Waals surface area contributed by atoms with Gasteiger partial charge in [0.1, 0.15) is 5.82 Å². The van der Waals surface area contributed by atoms with Crippen LogP contribution >= 0.6 is 0 Å². The second-order valence-corrected chi connectivity index (χ2v) is 10.7. The minimum Gasteiger partial charge on any atom is -0.304 e. The van der Waals surface area contributed by atoms with E-state index in [4.69, 9.17) is 0 Å². The maximum atomic E-state index is 13.3. The average Bonchev–Trinajstić information content (AvgIpc) is 3.01. The molecule has 1 unspecified atom stereocenters. The average molecular weight is 467 g/mol. The number of anilines is 2. The third-order valence-electron chi connectivity index (χ3n) is 4.42. The number of amides is 1. The van der Waals surface area contributed by atoms with Crippen LogP contribution in [0.2, 0.25) is 0 Å². The summed E-state index contributed by atoms with van der Waals surface area (Å²) in [6, 6.07) is 9.74. The monoisotopic (exact) mass is 466 g/mol. The van der Waals surface area contributed by atoms with E-state index in [1.54, 1.807) is 0 Å². The van der Waals surface area contributed by atoms with Gasteiger partial charge in [-0.25, -0.2) is 21.2 Å². The predicted molar refractivity (Wildman–Crippen MR) is 114 cm³/mol. The summed E-state index contributed by atoms with van der Waals surface area (Å²) in [5, 5.41) is 1.00. The Hall–Kier alpha value is -3.05. The van der Waals surface area contributed by atoms with Crippen LogP contribution in [0.25, 0.3) is 0 Å². The van der Waals surface area contributed by atoms with E-state index in [1.807, 2.05) is 0 Å². The number of halogens is 1. The largest absolute Gasteiger partial charge is 0.304 e. The summed E-state index contributed by atoms with van der Waals surface area (Å²) in [5.41, 5.74) is 0.523. The number of nitrogens with one attached hydrogen (secondary N) is 1. The molecule has 11 heteroatoms. The summed E-state index contributed by atoms with van der Waals surface area (Å²) in [5.74, 6) is -2.14. The number of sulfonamides is 1. The molecule has 0 aliphatic carbocycles. The number of rotatable bonds is 7. The zero-order valence-corrected chi connectivity index (χ0v) is 18.0. The van der Waals surface area contributed by atoms with Gasteiger partial charge in [-0.3, -0.25) is 14.3 Å². The summed E-state index contributed by atoms with van der Waals surface area (Å²) in [7, 11) is -7.04. The standard InChI is InChI=1S/C20H19FN2O6S2/c1-30(26,27)22-16-4-2-3-14(11-16)19(24)12-20(25)23(17-7-5-15(21)6-8-17)18-9-10-31(28,29)13-18/h2-11,18,22H,12-13H2,1H3. The van der Waals surface area contributed by atoms with E-state index in [0.29, 0.717) is 0 Å². The molecule has 0 radical (unpaired) electrons. The Kier molecular flexibility index (Phi) is 6.27. The van der Waals surface area contributed by atoms with Crippen molar-refractivity contribution in [2.45, 2.75) is 12.5 Å². The molecular formula is C20H19FN2O6S2. The lowest BCUT2D eigenvalue weighted by Crippen LogP contribution is -2.42. The van der Waals surface area contributed by atoms with E-state index in [0.717, 1.165) is 28.7 Å². The molecule has 164 valence electrons. The van der Waals surface area contributed by atoms with E-state index in [2.05, 4.69) is 4.72 Å². The lowest BCUT2D eigenvalue weighted by molar-refractivity contribution is -0.118. The Bertz CT molecular complexity index is 1250. The highest BCUT2D eigenvalue weighted by atomic mass is 32.2. The van der Waals surface area contributed by atoms with Gasteiger partial charge in [0.25, 0.3) is 0 Å². The van der Waals surface area contributed by atoms with E-state index >= 15 is 0 Å². The van der Waals surface area contributed by atoms with Gasteiger partial charge in [-0.2, -0.15) is 0 Å². The quantitative estimate of drug-likeness (QED) is 0.493. The maximum absolute atomic E-state index is 13.3. The molecule has 3 rings (SSSR count). The van der Waals surface area contributed by atoms with Crippen molar-refractivity contribution in [3.63, 3.8) is 0 Å². The number of Topliss-reactive ketones (excluding diaryl/α,β-unsaturated/α-hetero) is 1. The Labute approximate surface area is 179 Å². The molecule has 1 amide bonds. The van der Waals surface area contributed by atoms with E-state index in [9.17, 15) is 30.8 Å². The normalized spacial score (nSPS) is 17.3. The number of benzene rings is 2. The third kappa shape index (κ3) is 5.98. The SMILES string of the molecule is CS(=O)(=O)Nc1cccc(C(=O)CC(=O)N(c2ccc(F)cc2)C2C=CS(=O)(=O)C2)c1. The molecule has 1 N–H and O–H groups in total. The number of hydrogen-bond donors (Lipinski definition) is 1. The molecule has 0 aromatic heterocycles. The molecule has 1 heterocycles. The van der Waals surface area contributed by atoms with Crippen LogP contribution < -0.4 is 9.62 Å². The molecule has 2 aromatic rings. The molecule has 0 fully saturated rings. The van der Waals surface area contributed by atoms with Crippen molar-refractivity contribution in [2.75, 3.05) is 21.6 Å². The fourth-order valence-corrected chi connectivity index (χ4v) is 4.96. The zero-order valence-electron chi connectivity index (χ0n) is 16.4. The molecule has 0 bridgehead atoms. The second kappa shape index (κ2) is 8.60. The number of carbonyl (C=O) groups excluding carboxylic acids is 2. The first-order valence-corrected chi connectivity index (χ1v) is 12.6. The minimum atomic E-state index is -3.55. The molecule has 1 aliphatic rings. The second-order valence-electron chi connectivity index (χ2n) is 7.02. The third-order valence-corrected chi connectivity index (χ3v) is 6.40. The molecule has 0 saturated carbocycles. The van der Waals surface area contributed by atoms with Crippen molar-refractivity contribution >= 4 is 42.9 Å². The first kappa shape index (κ1) is 22.6. The number of carbonyl (C=O) groups is 2. The van der Waals surface area contributed by atoms with Crippen molar-refractivity contribution in [3.05, 3.63) is 71.4 Å². The first-order chi connectivity index (χ1) is 14.4. The van der Waals surface area contributed by atoms with Gasteiger partial charge < -0.3 is 4.90 Å². The molecule has 31 heavy (non-hydrogen) atoms. The maximum Gasteiger partial charge on any atom is 0.235 e. The van der Waals surface area contributed by atoms with Crippen LogP contribution in [-0.2, 0) is 24.7 Å². The number of ketones is 1. The summed E-state index contributed by atoms with van der Waals surface area (Å²) in [6.45, 7) is 0. The topological polar surface area (TPSA) is 118 Å². The Balaban J connectivity index is 1.85. The van der Waals surface area contributed by atoms with Crippen molar-refractivity contribution < 1.29 is 30.8 Å². The van der Waals surface area contributed by atoms with Gasteiger partial charge in [-0.15, -0.1) is 0 Å². The summed E-state index contributed by atoms with van der Waals surface area (Å²) >= 11 is 0. The van der Waals surface area contributed by atoms with Crippen molar-refractivity contribution in [2.24, 2.45) is 0 Å². The number of sulfone groups is 1. The molecule has 0 saturated heterocycles. The molecule has 1 atom stereocenters. The molecule has 0 spiro atoms.